The summed E-state index contributed by atoms with van der Waals surface area (Å²) >= 11 is 0. The molecule has 1 unspecified atom stereocenters. The number of rotatable bonds is 5. The summed E-state index contributed by atoms with van der Waals surface area (Å²) in [5, 5.41) is 7.58. The van der Waals surface area contributed by atoms with E-state index in [1.807, 2.05) is 36.1 Å². The van der Waals surface area contributed by atoms with Crippen molar-refractivity contribution in [3.05, 3.63) is 52.8 Å². The zero-order valence-electron chi connectivity index (χ0n) is 18.0. The maximum atomic E-state index is 12.9. The first-order valence-electron chi connectivity index (χ1n) is 10.4. The Morgan fingerprint density at radius 1 is 1.29 bits per heavy atom. The molecule has 0 saturated carbocycles. The zero-order valence-corrected chi connectivity index (χ0v) is 18.0. The minimum Gasteiger partial charge on any atom is -0.497 e. The lowest BCUT2D eigenvalue weighted by Gasteiger charge is -2.32. The van der Waals surface area contributed by atoms with Crippen LogP contribution in [-0.2, 0) is 11.2 Å². The molecule has 3 aromatic rings. The lowest BCUT2D eigenvalue weighted by Crippen LogP contribution is -2.40. The molecule has 0 radical (unpaired) electrons. The van der Waals surface area contributed by atoms with E-state index < -0.39 is 0 Å². The van der Waals surface area contributed by atoms with Gasteiger partial charge in [0.15, 0.2) is 0 Å². The van der Waals surface area contributed by atoms with Crippen LogP contribution in [0.4, 0.5) is 0 Å². The average molecular weight is 422 g/mol. The van der Waals surface area contributed by atoms with Gasteiger partial charge in [-0.15, -0.1) is 0 Å². The molecule has 3 heterocycles. The summed E-state index contributed by atoms with van der Waals surface area (Å²) in [6.45, 7) is 3.06. The fourth-order valence-corrected chi connectivity index (χ4v) is 4.15. The maximum absolute atomic E-state index is 12.9. The van der Waals surface area contributed by atoms with Crippen LogP contribution < -0.4 is 10.1 Å². The molecule has 0 spiro atoms. The summed E-state index contributed by atoms with van der Waals surface area (Å²) in [7, 11) is 3.21. The molecule has 0 aliphatic carbocycles. The largest absolute Gasteiger partial charge is 0.497 e. The predicted octanol–water partition coefficient (Wildman–Crippen LogP) is 2.85. The number of hydrogen-bond donors (Lipinski definition) is 1. The fourth-order valence-electron chi connectivity index (χ4n) is 4.15. The molecular formula is C23H26N4O4. The van der Waals surface area contributed by atoms with Crippen LogP contribution in [0.3, 0.4) is 0 Å². The SMILES string of the molecule is CNC(=O)c1cc(C)nc2onc(C3CCCN(C(=O)Cc4ccc(OC)cc4)C3)c12. The molecule has 8 heteroatoms. The topological polar surface area (TPSA) is 97.6 Å². The van der Waals surface area contributed by atoms with Crippen molar-refractivity contribution in [1.29, 1.82) is 0 Å². The van der Waals surface area contributed by atoms with Crippen molar-refractivity contribution in [2.75, 3.05) is 27.2 Å². The number of hydrogen-bond acceptors (Lipinski definition) is 6. The molecule has 1 fully saturated rings. The van der Waals surface area contributed by atoms with Gasteiger partial charge in [0.2, 0.25) is 5.91 Å². The third kappa shape index (κ3) is 4.23. The highest BCUT2D eigenvalue weighted by molar-refractivity contribution is 6.06. The molecule has 1 aromatic carbocycles. The van der Waals surface area contributed by atoms with Crippen LogP contribution in [0.15, 0.2) is 34.9 Å². The average Bonchev–Trinajstić information content (AvgIpc) is 3.22. The van der Waals surface area contributed by atoms with E-state index in [0.717, 1.165) is 24.2 Å². The molecule has 2 aromatic heterocycles. The number of aromatic nitrogens is 2. The number of likely N-dealkylation sites (tertiary alicyclic amines) is 1. The van der Waals surface area contributed by atoms with Gasteiger partial charge in [-0.05, 0) is 43.5 Å². The second-order valence-corrected chi connectivity index (χ2v) is 7.84. The van der Waals surface area contributed by atoms with Crippen LogP contribution >= 0.6 is 0 Å². The van der Waals surface area contributed by atoms with Gasteiger partial charge in [0.1, 0.15) is 5.75 Å². The number of methoxy groups -OCH3 is 1. The van der Waals surface area contributed by atoms with Gasteiger partial charge in [0.25, 0.3) is 11.6 Å². The third-order valence-electron chi connectivity index (χ3n) is 5.75. The van der Waals surface area contributed by atoms with Crippen molar-refractivity contribution >= 4 is 22.9 Å². The zero-order chi connectivity index (χ0) is 22.0. The molecule has 1 aliphatic heterocycles. The lowest BCUT2D eigenvalue weighted by atomic mass is 9.91. The summed E-state index contributed by atoms with van der Waals surface area (Å²) in [4.78, 5) is 31.7. The number of nitrogens with one attached hydrogen (secondary N) is 1. The lowest BCUT2D eigenvalue weighted by molar-refractivity contribution is -0.131. The Morgan fingerprint density at radius 3 is 2.77 bits per heavy atom. The van der Waals surface area contributed by atoms with Gasteiger partial charge in [-0.2, -0.15) is 0 Å². The quantitative estimate of drug-likeness (QED) is 0.679. The Balaban J connectivity index is 1.56. The molecule has 1 saturated heterocycles. The molecule has 8 nitrogen and oxygen atoms in total. The van der Waals surface area contributed by atoms with Gasteiger partial charge in [-0.1, -0.05) is 17.3 Å². The second kappa shape index (κ2) is 8.75. The van der Waals surface area contributed by atoms with Gasteiger partial charge in [0, 0.05) is 31.7 Å². The molecule has 1 N–H and O–H groups in total. The maximum Gasteiger partial charge on any atom is 0.259 e. The van der Waals surface area contributed by atoms with E-state index in [-0.39, 0.29) is 17.7 Å². The smallest absolute Gasteiger partial charge is 0.259 e. The Bertz CT molecular complexity index is 1110. The van der Waals surface area contributed by atoms with Crippen LogP contribution in [0.1, 0.15) is 46.1 Å². The van der Waals surface area contributed by atoms with Gasteiger partial charge in [-0.3, -0.25) is 9.59 Å². The molecule has 4 rings (SSSR count). The minimum atomic E-state index is -0.205. The van der Waals surface area contributed by atoms with Crippen LogP contribution in [-0.4, -0.2) is 54.1 Å². The molecule has 1 atom stereocenters. The molecule has 1 aliphatic rings. The molecule has 2 amide bonds. The van der Waals surface area contributed by atoms with Crippen molar-refractivity contribution in [2.24, 2.45) is 0 Å². The number of ether oxygens (including phenoxy) is 1. The summed E-state index contributed by atoms with van der Waals surface area (Å²) in [6.07, 6.45) is 2.07. The highest BCUT2D eigenvalue weighted by Gasteiger charge is 2.30. The van der Waals surface area contributed by atoms with Crippen LogP contribution in [0.25, 0.3) is 11.1 Å². The van der Waals surface area contributed by atoms with Crippen molar-refractivity contribution in [3.63, 3.8) is 0 Å². The van der Waals surface area contributed by atoms with Crippen molar-refractivity contribution in [2.45, 2.75) is 32.1 Å². The number of benzene rings is 1. The van der Waals surface area contributed by atoms with Crippen molar-refractivity contribution < 1.29 is 18.8 Å². The van der Waals surface area contributed by atoms with Gasteiger partial charge in [0.05, 0.1) is 30.2 Å². The molecule has 162 valence electrons. The van der Waals surface area contributed by atoms with Crippen LogP contribution in [0.5, 0.6) is 5.75 Å². The summed E-state index contributed by atoms with van der Waals surface area (Å²) in [5.41, 5.74) is 3.19. The summed E-state index contributed by atoms with van der Waals surface area (Å²) in [6, 6.07) is 9.29. The van der Waals surface area contributed by atoms with Crippen molar-refractivity contribution in [1.82, 2.24) is 20.4 Å². The van der Waals surface area contributed by atoms with E-state index in [2.05, 4.69) is 15.5 Å². The van der Waals surface area contributed by atoms with Crippen molar-refractivity contribution in [3.8, 4) is 5.75 Å². The van der Waals surface area contributed by atoms with Gasteiger partial charge in [-0.25, -0.2) is 4.98 Å². The fraction of sp³-hybridized carbons (Fsp3) is 0.391. The molecular weight excluding hydrogens is 396 g/mol. The summed E-state index contributed by atoms with van der Waals surface area (Å²) in [5.74, 6) is 0.622. The number of pyridine rings is 1. The Labute approximate surface area is 180 Å². The van der Waals surface area contributed by atoms with E-state index in [1.165, 1.54) is 0 Å². The Morgan fingerprint density at radius 2 is 2.06 bits per heavy atom. The number of piperidine rings is 1. The number of amides is 2. The van der Waals surface area contributed by atoms with Crippen LogP contribution in [0.2, 0.25) is 0 Å². The summed E-state index contributed by atoms with van der Waals surface area (Å²) < 4.78 is 10.7. The minimum absolute atomic E-state index is 0.0114. The normalized spacial score (nSPS) is 16.4. The first-order valence-corrected chi connectivity index (χ1v) is 10.4. The second-order valence-electron chi connectivity index (χ2n) is 7.84. The predicted molar refractivity (Wildman–Crippen MR) is 115 cm³/mol. The number of nitrogens with zero attached hydrogens (tertiary/aromatic N) is 3. The Hall–Kier alpha value is -3.42. The van der Waals surface area contributed by atoms with E-state index in [1.54, 1.807) is 20.2 Å². The van der Waals surface area contributed by atoms with Gasteiger partial charge >= 0.3 is 0 Å². The first-order chi connectivity index (χ1) is 15.0. The highest BCUT2D eigenvalue weighted by Crippen LogP contribution is 2.33. The number of carbonyl (C=O) groups excluding carboxylic acids is 2. The van der Waals surface area contributed by atoms with E-state index in [0.29, 0.717) is 47.6 Å². The van der Waals surface area contributed by atoms with Gasteiger partial charge < -0.3 is 19.5 Å². The molecule has 0 bridgehead atoms. The van der Waals surface area contributed by atoms with E-state index >= 15 is 0 Å². The Kier molecular flexibility index (Phi) is 5.88. The standard InChI is InChI=1S/C23H26N4O4/c1-14-11-18(22(29)24-2)20-21(26-31-23(20)25-14)16-5-4-10-27(13-16)19(28)12-15-6-8-17(30-3)9-7-15/h6-9,11,16H,4-5,10,12-13H2,1-3H3,(H,24,29). The van der Waals surface area contributed by atoms with E-state index in [4.69, 9.17) is 9.26 Å². The third-order valence-corrected chi connectivity index (χ3v) is 5.75. The number of aryl methyl sites for hydroxylation is 1. The van der Waals surface area contributed by atoms with Crippen LogP contribution in [0, 0.1) is 6.92 Å². The van der Waals surface area contributed by atoms with E-state index in [9.17, 15) is 9.59 Å². The number of fused-ring (bicyclic) bond motifs is 1. The monoisotopic (exact) mass is 422 g/mol. The number of carbonyl (C=O) groups is 2. The highest BCUT2D eigenvalue weighted by atomic mass is 16.5. The molecule has 31 heavy (non-hydrogen) atoms. The first kappa shape index (κ1) is 20.8.